The van der Waals surface area contributed by atoms with Gasteiger partial charge in [-0.05, 0) is 30.3 Å². The van der Waals surface area contributed by atoms with Crippen LogP contribution in [0.5, 0.6) is 0 Å². The molecule has 0 saturated carbocycles. The first-order valence-corrected chi connectivity index (χ1v) is 6.46. The molecule has 2 N–H and O–H groups in total. The molecule has 0 atom stereocenters. The second-order valence-corrected chi connectivity index (χ2v) is 5.04. The highest BCUT2D eigenvalue weighted by Crippen LogP contribution is 2.31. The predicted molar refractivity (Wildman–Crippen MR) is 78.0 cm³/mol. The molecule has 0 unspecified atom stereocenters. The summed E-state index contributed by atoms with van der Waals surface area (Å²) in [5, 5.41) is 0.866. The number of nitrogens with zero attached hydrogens (tertiary/aromatic N) is 1. The van der Waals surface area contributed by atoms with Crippen LogP contribution in [-0.2, 0) is 0 Å². The van der Waals surface area contributed by atoms with Gasteiger partial charge in [0, 0.05) is 16.1 Å². The van der Waals surface area contributed by atoms with E-state index in [0.29, 0.717) is 38.2 Å². The molecule has 4 nitrogen and oxygen atoms in total. The molecule has 0 radical (unpaired) electrons. The van der Waals surface area contributed by atoms with Crippen LogP contribution in [0, 0.1) is 0 Å². The molecule has 20 heavy (non-hydrogen) atoms. The van der Waals surface area contributed by atoms with Crippen LogP contribution in [0.25, 0.3) is 22.6 Å². The summed E-state index contributed by atoms with van der Waals surface area (Å²) in [5.74, 6) is -0.156. The Morgan fingerprint density at radius 3 is 2.75 bits per heavy atom. The number of fused-ring (bicyclic) bond motifs is 1. The van der Waals surface area contributed by atoms with Crippen molar-refractivity contribution in [3.05, 3.63) is 52.0 Å². The minimum Gasteiger partial charge on any atom is -0.435 e. The molecule has 2 aromatic carbocycles. The summed E-state index contributed by atoms with van der Waals surface area (Å²) >= 11 is 12.0. The van der Waals surface area contributed by atoms with E-state index >= 15 is 0 Å². The van der Waals surface area contributed by atoms with Crippen LogP contribution in [0.2, 0.25) is 10.0 Å². The molecular weight excluding hydrogens is 299 g/mol. The molecule has 1 aromatic heterocycles. The van der Waals surface area contributed by atoms with Crippen molar-refractivity contribution < 1.29 is 9.21 Å². The number of nitrogens with two attached hydrogens (primary N) is 1. The van der Waals surface area contributed by atoms with Gasteiger partial charge in [0.1, 0.15) is 5.52 Å². The van der Waals surface area contributed by atoms with Crippen LogP contribution in [0.3, 0.4) is 0 Å². The van der Waals surface area contributed by atoms with Crippen molar-refractivity contribution in [2.75, 3.05) is 0 Å². The lowest BCUT2D eigenvalue weighted by Gasteiger charge is -1.98. The third-order valence-electron chi connectivity index (χ3n) is 2.80. The largest absolute Gasteiger partial charge is 0.435 e. The Morgan fingerprint density at radius 1 is 1.20 bits per heavy atom. The first-order chi connectivity index (χ1) is 9.54. The summed E-state index contributed by atoms with van der Waals surface area (Å²) in [6.45, 7) is 0. The average Bonchev–Trinajstić information content (AvgIpc) is 2.83. The fraction of sp³-hybridized carbons (Fsp3) is 0. The number of primary amides is 1. The Hall–Kier alpha value is -2.04. The molecule has 1 heterocycles. The average molecular weight is 307 g/mol. The zero-order chi connectivity index (χ0) is 14.3. The molecule has 0 aliphatic carbocycles. The van der Waals surface area contributed by atoms with Crippen molar-refractivity contribution in [3.8, 4) is 11.5 Å². The number of oxazole rings is 1. The van der Waals surface area contributed by atoms with Gasteiger partial charge in [-0.1, -0.05) is 29.3 Å². The molecule has 0 aliphatic rings. The highest BCUT2D eigenvalue weighted by molar-refractivity contribution is 6.38. The molecule has 0 fully saturated rings. The monoisotopic (exact) mass is 306 g/mol. The first-order valence-electron chi connectivity index (χ1n) is 5.70. The fourth-order valence-electron chi connectivity index (χ4n) is 1.89. The van der Waals surface area contributed by atoms with Gasteiger partial charge in [-0.15, -0.1) is 0 Å². The molecule has 0 saturated heterocycles. The number of carbonyl (C=O) groups is 1. The summed E-state index contributed by atoms with van der Waals surface area (Å²) in [5.41, 5.74) is 7.29. The van der Waals surface area contributed by atoms with E-state index in [-0.39, 0.29) is 0 Å². The SMILES string of the molecule is NC(=O)c1cccc(-c2nc3cc(Cl)cc(Cl)c3o2)c1. The van der Waals surface area contributed by atoms with Gasteiger partial charge in [-0.2, -0.15) is 0 Å². The maximum Gasteiger partial charge on any atom is 0.248 e. The van der Waals surface area contributed by atoms with Gasteiger partial charge in [0.15, 0.2) is 5.58 Å². The Kier molecular flexibility index (Phi) is 3.12. The van der Waals surface area contributed by atoms with Crippen LogP contribution in [0.4, 0.5) is 0 Å². The number of aromatic nitrogens is 1. The maximum atomic E-state index is 11.2. The van der Waals surface area contributed by atoms with Crippen molar-refractivity contribution in [3.63, 3.8) is 0 Å². The molecule has 3 aromatic rings. The van der Waals surface area contributed by atoms with Gasteiger partial charge in [0.05, 0.1) is 5.02 Å². The van der Waals surface area contributed by atoms with Crippen molar-refractivity contribution >= 4 is 40.2 Å². The van der Waals surface area contributed by atoms with Gasteiger partial charge < -0.3 is 10.2 Å². The second-order valence-electron chi connectivity index (χ2n) is 4.20. The van der Waals surface area contributed by atoms with E-state index in [1.807, 2.05) is 0 Å². The van der Waals surface area contributed by atoms with Crippen LogP contribution in [0.15, 0.2) is 40.8 Å². The third kappa shape index (κ3) is 2.24. The van der Waals surface area contributed by atoms with Gasteiger partial charge in [0.2, 0.25) is 11.8 Å². The molecule has 1 amide bonds. The molecule has 100 valence electrons. The summed E-state index contributed by atoms with van der Waals surface area (Å²) in [6.07, 6.45) is 0. The third-order valence-corrected chi connectivity index (χ3v) is 3.30. The van der Waals surface area contributed by atoms with Crippen LogP contribution >= 0.6 is 23.2 Å². The van der Waals surface area contributed by atoms with E-state index < -0.39 is 5.91 Å². The highest BCUT2D eigenvalue weighted by Gasteiger charge is 2.13. The second kappa shape index (κ2) is 4.81. The fourth-order valence-corrected chi connectivity index (χ4v) is 2.41. The van der Waals surface area contributed by atoms with Crippen molar-refractivity contribution in [1.82, 2.24) is 4.98 Å². The highest BCUT2D eigenvalue weighted by atomic mass is 35.5. The van der Waals surface area contributed by atoms with E-state index in [0.717, 1.165) is 0 Å². The van der Waals surface area contributed by atoms with Crippen LogP contribution in [0.1, 0.15) is 10.4 Å². The van der Waals surface area contributed by atoms with Crippen molar-refractivity contribution in [2.24, 2.45) is 5.73 Å². The van der Waals surface area contributed by atoms with Crippen LogP contribution in [-0.4, -0.2) is 10.9 Å². The summed E-state index contributed by atoms with van der Waals surface area (Å²) < 4.78 is 5.62. The Bertz CT molecular complexity index is 827. The molecule has 0 bridgehead atoms. The Labute approximate surface area is 124 Å². The topological polar surface area (TPSA) is 69.1 Å². The molecule has 3 rings (SSSR count). The number of hydrogen-bond acceptors (Lipinski definition) is 3. The number of amides is 1. The van der Waals surface area contributed by atoms with E-state index in [4.69, 9.17) is 33.4 Å². The minimum absolute atomic E-state index is 0.354. The summed E-state index contributed by atoms with van der Waals surface area (Å²) in [7, 11) is 0. The lowest BCUT2D eigenvalue weighted by atomic mass is 10.1. The first kappa shape index (κ1) is 13.0. The van der Waals surface area contributed by atoms with E-state index in [1.165, 1.54) is 0 Å². The smallest absolute Gasteiger partial charge is 0.248 e. The molecule has 0 spiro atoms. The van der Waals surface area contributed by atoms with Gasteiger partial charge in [0.25, 0.3) is 0 Å². The number of benzene rings is 2. The van der Waals surface area contributed by atoms with Crippen molar-refractivity contribution in [2.45, 2.75) is 0 Å². The Balaban J connectivity index is 2.17. The lowest BCUT2D eigenvalue weighted by molar-refractivity contribution is 0.100. The number of rotatable bonds is 2. The number of carbonyl (C=O) groups excluding carboxylic acids is 1. The van der Waals surface area contributed by atoms with Gasteiger partial charge in [-0.3, -0.25) is 4.79 Å². The van der Waals surface area contributed by atoms with E-state index in [1.54, 1.807) is 36.4 Å². The predicted octanol–water partition coefficient (Wildman–Crippen LogP) is 3.90. The van der Waals surface area contributed by atoms with Crippen LogP contribution < -0.4 is 5.73 Å². The number of halogens is 2. The number of hydrogen-bond donors (Lipinski definition) is 1. The Morgan fingerprint density at radius 2 is 2.00 bits per heavy atom. The molecular formula is C14H8Cl2N2O2. The standard InChI is InChI=1S/C14H8Cl2N2O2/c15-9-5-10(16)12-11(6-9)18-14(20-12)8-3-1-2-7(4-8)13(17)19/h1-6H,(H2,17,19). The maximum absolute atomic E-state index is 11.2. The zero-order valence-electron chi connectivity index (χ0n) is 10.1. The lowest BCUT2D eigenvalue weighted by Crippen LogP contribution is -2.10. The molecule has 6 heteroatoms. The van der Waals surface area contributed by atoms with Gasteiger partial charge in [-0.25, -0.2) is 4.98 Å². The normalized spacial score (nSPS) is 10.9. The summed E-state index contributed by atoms with van der Waals surface area (Å²) in [4.78, 5) is 15.5. The summed E-state index contributed by atoms with van der Waals surface area (Å²) in [6, 6.07) is 9.96. The molecule has 0 aliphatic heterocycles. The quantitative estimate of drug-likeness (QED) is 0.780. The van der Waals surface area contributed by atoms with E-state index in [9.17, 15) is 4.79 Å². The zero-order valence-corrected chi connectivity index (χ0v) is 11.6. The minimum atomic E-state index is -0.510. The van der Waals surface area contributed by atoms with E-state index in [2.05, 4.69) is 4.98 Å². The van der Waals surface area contributed by atoms with Crippen molar-refractivity contribution in [1.29, 1.82) is 0 Å². The van der Waals surface area contributed by atoms with Gasteiger partial charge >= 0.3 is 0 Å².